The lowest BCUT2D eigenvalue weighted by molar-refractivity contribution is -0.119. The number of hydrogen-bond acceptors (Lipinski definition) is 5. The second kappa shape index (κ2) is 6.34. The number of hydrogen-bond donors (Lipinski definition) is 1. The number of pyridine rings is 1. The number of nitrogens with one attached hydrogen (secondary N) is 1. The van der Waals surface area contributed by atoms with E-state index in [1.165, 1.54) is 17.7 Å². The molecule has 0 aromatic carbocycles. The fraction of sp³-hybridized carbons (Fsp3) is 0.450. The van der Waals surface area contributed by atoms with E-state index in [-0.39, 0.29) is 17.9 Å². The molecule has 3 aromatic rings. The van der Waals surface area contributed by atoms with Crippen molar-refractivity contribution in [2.75, 3.05) is 6.54 Å². The molecule has 2 fully saturated rings. The molecule has 2 atom stereocenters. The van der Waals surface area contributed by atoms with E-state index >= 15 is 0 Å². The third kappa shape index (κ3) is 3.10. The number of carbonyl (C=O) groups excluding carboxylic acids is 1. The van der Waals surface area contributed by atoms with Gasteiger partial charge in [0.05, 0.1) is 22.4 Å². The minimum atomic E-state index is -0.0949. The number of amides is 1. The Morgan fingerprint density at radius 2 is 2.22 bits per heavy atom. The molecule has 5 rings (SSSR count). The summed E-state index contributed by atoms with van der Waals surface area (Å²) in [6, 6.07) is 6.75. The van der Waals surface area contributed by atoms with Crippen molar-refractivity contribution in [2.45, 2.75) is 45.3 Å². The van der Waals surface area contributed by atoms with Crippen molar-refractivity contribution in [3.05, 3.63) is 29.4 Å². The molecule has 7 heteroatoms. The van der Waals surface area contributed by atoms with Gasteiger partial charge in [0, 0.05) is 29.8 Å². The van der Waals surface area contributed by atoms with Crippen LogP contribution in [0.2, 0.25) is 0 Å². The van der Waals surface area contributed by atoms with Gasteiger partial charge in [0.25, 0.3) is 0 Å². The molecule has 0 spiro atoms. The average molecular weight is 382 g/mol. The van der Waals surface area contributed by atoms with Crippen molar-refractivity contribution in [3.8, 4) is 16.5 Å². The molecule has 3 aromatic heterocycles. The van der Waals surface area contributed by atoms with E-state index in [0.717, 1.165) is 21.6 Å². The lowest BCUT2D eigenvalue weighted by Crippen LogP contribution is -2.26. The van der Waals surface area contributed by atoms with Gasteiger partial charge in [-0.3, -0.25) is 4.79 Å². The predicted octanol–water partition coefficient (Wildman–Crippen LogP) is 3.71. The highest BCUT2D eigenvalue weighted by molar-refractivity contribution is 7.15. The second-order valence-electron chi connectivity index (χ2n) is 7.56. The maximum atomic E-state index is 11.6. The molecule has 1 aliphatic heterocycles. The van der Waals surface area contributed by atoms with Crippen LogP contribution in [-0.4, -0.2) is 33.1 Å². The molecule has 4 heterocycles. The van der Waals surface area contributed by atoms with Gasteiger partial charge in [-0.05, 0) is 44.9 Å². The van der Waals surface area contributed by atoms with E-state index in [2.05, 4.69) is 40.0 Å². The lowest BCUT2D eigenvalue weighted by Gasteiger charge is -2.20. The summed E-state index contributed by atoms with van der Waals surface area (Å²) in [5.41, 5.74) is 2.78. The Morgan fingerprint density at radius 1 is 1.37 bits per heavy atom. The van der Waals surface area contributed by atoms with Crippen molar-refractivity contribution in [2.24, 2.45) is 5.92 Å². The fourth-order valence-electron chi connectivity index (χ4n) is 3.67. The molecule has 140 valence electrons. The highest BCUT2D eigenvalue weighted by Gasteiger charge is 2.31. The highest BCUT2D eigenvalue weighted by Crippen LogP contribution is 2.41. The first kappa shape index (κ1) is 16.7. The van der Waals surface area contributed by atoms with Crippen LogP contribution in [0.5, 0.6) is 5.88 Å². The highest BCUT2D eigenvalue weighted by atomic mass is 32.1. The SMILES string of the molecule is Cc1ccc(-c2cc3ncn(C4CC4)c3c(O[C@H](C)[C@H]3CNC(=O)C3)n2)s1. The largest absolute Gasteiger partial charge is 0.473 e. The molecule has 0 unspecified atom stereocenters. The van der Waals surface area contributed by atoms with Crippen LogP contribution in [0.4, 0.5) is 0 Å². The molecule has 1 saturated carbocycles. The number of aromatic nitrogens is 3. The number of nitrogens with zero attached hydrogens (tertiary/aromatic N) is 3. The smallest absolute Gasteiger partial charge is 0.241 e. The fourth-order valence-corrected chi connectivity index (χ4v) is 4.50. The Balaban J connectivity index is 1.56. The molecule has 0 bridgehead atoms. The number of aryl methyl sites for hydroxylation is 1. The van der Waals surface area contributed by atoms with Crippen LogP contribution in [-0.2, 0) is 4.79 Å². The summed E-state index contributed by atoms with van der Waals surface area (Å²) in [6.45, 7) is 4.78. The van der Waals surface area contributed by atoms with Crippen LogP contribution >= 0.6 is 11.3 Å². The maximum absolute atomic E-state index is 11.6. The first-order chi connectivity index (χ1) is 13.1. The van der Waals surface area contributed by atoms with Crippen molar-refractivity contribution in [1.82, 2.24) is 19.9 Å². The molecule has 1 saturated heterocycles. The standard InChI is InChI=1S/C20H22N4O2S/c1-11-3-6-17(27-11)15-8-16-19(24(10-22-16)14-4-5-14)20(23-15)26-12(2)13-7-18(25)21-9-13/h3,6,8,10,12-14H,4-5,7,9H2,1-2H3,(H,21,25)/t12-,13-/m1/s1. The summed E-state index contributed by atoms with van der Waals surface area (Å²) in [5, 5.41) is 2.89. The zero-order chi connectivity index (χ0) is 18.5. The third-order valence-corrected chi connectivity index (χ3v) is 6.45. The third-order valence-electron chi connectivity index (χ3n) is 5.42. The normalized spacial score (nSPS) is 20.8. The zero-order valence-electron chi connectivity index (χ0n) is 15.4. The summed E-state index contributed by atoms with van der Waals surface area (Å²) >= 11 is 1.72. The number of carbonyl (C=O) groups is 1. The number of ether oxygens (including phenoxy) is 1. The molecule has 27 heavy (non-hydrogen) atoms. The summed E-state index contributed by atoms with van der Waals surface area (Å²) in [7, 11) is 0. The van der Waals surface area contributed by atoms with E-state index in [4.69, 9.17) is 9.72 Å². The monoisotopic (exact) mass is 382 g/mol. The lowest BCUT2D eigenvalue weighted by atomic mass is 10.0. The topological polar surface area (TPSA) is 69.0 Å². The molecule has 0 radical (unpaired) electrons. The van der Waals surface area contributed by atoms with E-state index in [1.807, 2.05) is 13.3 Å². The maximum Gasteiger partial charge on any atom is 0.241 e. The number of thiophene rings is 1. The second-order valence-corrected chi connectivity index (χ2v) is 8.85. The predicted molar refractivity (Wildman–Crippen MR) is 105 cm³/mol. The molecular formula is C20H22N4O2S. The van der Waals surface area contributed by atoms with Crippen LogP contribution in [0.15, 0.2) is 24.5 Å². The van der Waals surface area contributed by atoms with Gasteiger partial charge < -0.3 is 14.6 Å². The summed E-state index contributed by atoms with van der Waals surface area (Å²) < 4.78 is 8.55. The Labute approximate surface area is 161 Å². The van der Waals surface area contributed by atoms with Gasteiger partial charge in [-0.2, -0.15) is 0 Å². The van der Waals surface area contributed by atoms with Gasteiger partial charge in [0.2, 0.25) is 11.8 Å². The summed E-state index contributed by atoms with van der Waals surface area (Å²) in [4.78, 5) is 23.5. The molecule has 2 aliphatic rings. The quantitative estimate of drug-likeness (QED) is 0.730. The Kier molecular flexibility index (Phi) is 3.93. The van der Waals surface area contributed by atoms with E-state index in [0.29, 0.717) is 24.9 Å². The summed E-state index contributed by atoms with van der Waals surface area (Å²) in [6.07, 6.45) is 4.67. The zero-order valence-corrected chi connectivity index (χ0v) is 16.3. The molecule has 1 aliphatic carbocycles. The van der Waals surface area contributed by atoms with E-state index < -0.39 is 0 Å². The molecular weight excluding hydrogens is 360 g/mol. The van der Waals surface area contributed by atoms with Crippen LogP contribution < -0.4 is 10.1 Å². The molecule has 1 N–H and O–H groups in total. The first-order valence-electron chi connectivity index (χ1n) is 9.46. The van der Waals surface area contributed by atoms with Crippen LogP contribution in [0.25, 0.3) is 21.6 Å². The van der Waals surface area contributed by atoms with Gasteiger partial charge in [-0.25, -0.2) is 9.97 Å². The number of rotatable bonds is 5. The van der Waals surface area contributed by atoms with Crippen LogP contribution in [0, 0.1) is 12.8 Å². The minimum Gasteiger partial charge on any atom is -0.473 e. The van der Waals surface area contributed by atoms with Crippen LogP contribution in [0.3, 0.4) is 0 Å². The molecule has 6 nitrogen and oxygen atoms in total. The average Bonchev–Trinajstić information content (AvgIpc) is 3.04. The Hall–Kier alpha value is -2.41. The number of imidazole rings is 1. The van der Waals surface area contributed by atoms with Gasteiger partial charge in [-0.15, -0.1) is 11.3 Å². The minimum absolute atomic E-state index is 0.0949. The van der Waals surface area contributed by atoms with E-state index in [1.54, 1.807) is 11.3 Å². The van der Waals surface area contributed by atoms with Crippen LogP contribution in [0.1, 0.15) is 37.1 Å². The summed E-state index contributed by atoms with van der Waals surface area (Å²) in [5.74, 6) is 0.892. The number of fused-ring (bicyclic) bond motifs is 1. The van der Waals surface area contributed by atoms with Crippen molar-refractivity contribution < 1.29 is 9.53 Å². The van der Waals surface area contributed by atoms with Crippen molar-refractivity contribution in [1.29, 1.82) is 0 Å². The Morgan fingerprint density at radius 3 is 2.89 bits per heavy atom. The first-order valence-corrected chi connectivity index (χ1v) is 10.3. The van der Waals surface area contributed by atoms with Crippen molar-refractivity contribution >= 4 is 28.3 Å². The van der Waals surface area contributed by atoms with E-state index in [9.17, 15) is 4.79 Å². The van der Waals surface area contributed by atoms with Gasteiger partial charge in [-0.1, -0.05) is 0 Å². The molecule has 1 amide bonds. The van der Waals surface area contributed by atoms with Crippen molar-refractivity contribution in [3.63, 3.8) is 0 Å². The van der Waals surface area contributed by atoms with Gasteiger partial charge in [0.1, 0.15) is 11.6 Å². The Bertz CT molecular complexity index is 1020. The van der Waals surface area contributed by atoms with Gasteiger partial charge >= 0.3 is 0 Å². The van der Waals surface area contributed by atoms with Gasteiger partial charge in [0.15, 0.2) is 0 Å².